The van der Waals surface area contributed by atoms with E-state index >= 15 is 0 Å². The van der Waals surface area contributed by atoms with E-state index < -0.39 is 11.9 Å². The van der Waals surface area contributed by atoms with Gasteiger partial charge >= 0.3 is 12.2 Å². The van der Waals surface area contributed by atoms with Crippen LogP contribution in [0.5, 0.6) is 5.19 Å². The molecule has 0 unspecified atom stereocenters. The standard InChI is InChI=1S/C17H21F3N4O4S/c18-17(19,20)13-9-29-15(22-13)28-10-1-4-23(5-2-10)16(26)24-6-3-12-11(7-24)21-14(25)8-27-12/h9-12H,1-8H2,(H,21,25)/t11-,12+/m1/s1. The van der Waals surface area contributed by atoms with Crippen molar-refractivity contribution in [3.8, 4) is 5.19 Å². The zero-order valence-electron chi connectivity index (χ0n) is 15.5. The Hall–Kier alpha value is -2.08. The Morgan fingerprint density at radius 3 is 2.66 bits per heavy atom. The van der Waals surface area contributed by atoms with Gasteiger partial charge in [0.2, 0.25) is 5.91 Å². The van der Waals surface area contributed by atoms with Crippen molar-refractivity contribution in [3.63, 3.8) is 0 Å². The molecule has 3 aliphatic heterocycles. The lowest BCUT2D eigenvalue weighted by Crippen LogP contribution is -2.62. The molecule has 1 aromatic heterocycles. The Labute approximate surface area is 168 Å². The summed E-state index contributed by atoms with van der Waals surface area (Å²) in [5, 5.41) is 3.80. The predicted molar refractivity (Wildman–Crippen MR) is 95.6 cm³/mol. The van der Waals surface area contributed by atoms with Crippen LogP contribution < -0.4 is 10.1 Å². The molecule has 8 nitrogen and oxygen atoms in total. The highest BCUT2D eigenvalue weighted by atomic mass is 32.1. The number of fused-ring (bicyclic) bond motifs is 1. The van der Waals surface area contributed by atoms with Crippen molar-refractivity contribution in [2.24, 2.45) is 0 Å². The minimum Gasteiger partial charge on any atom is -0.467 e. The largest absolute Gasteiger partial charge is 0.467 e. The van der Waals surface area contributed by atoms with Crippen molar-refractivity contribution >= 4 is 23.3 Å². The molecule has 12 heteroatoms. The molecule has 3 saturated heterocycles. The molecular formula is C17H21F3N4O4S. The lowest BCUT2D eigenvalue weighted by atomic mass is 10.0. The smallest absolute Gasteiger partial charge is 0.434 e. The zero-order valence-corrected chi connectivity index (χ0v) is 16.3. The van der Waals surface area contributed by atoms with Crippen LogP contribution in [0.4, 0.5) is 18.0 Å². The first kappa shape index (κ1) is 20.2. The predicted octanol–water partition coefficient (Wildman–Crippen LogP) is 1.71. The number of urea groups is 1. The highest BCUT2D eigenvalue weighted by Crippen LogP contribution is 2.33. The number of morpholine rings is 1. The third-order valence-electron chi connectivity index (χ3n) is 5.35. The average molecular weight is 434 g/mol. The van der Waals surface area contributed by atoms with Gasteiger partial charge in [-0.1, -0.05) is 11.3 Å². The lowest BCUT2D eigenvalue weighted by molar-refractivity contribution is -0.141. The van der Waals surface area contributed by atoms with Gasteiger partial charge in [0.25, 0.3) is 5.19 Å². The number of ether oxygens (including phenoxy) is 2. The van der Waals surface area contributed by atoms with Crippen LogP contribution in [0.1, 0.15) is 25.0 Å². The van der Waals surface area contributed by atoms with Crippen LogP contribution in [-0.4, -0.2) is 77.8 Å². The Morgan fingerprint density at radius 2 is 1.97 bits per heavy atom. The molecule has 160 valence electrons. The highest BCUT2D eigenvalue weighted by molar-refractivity contribution is 7.11. The summed E-state index contributed by atoms with van der Waals surface area (Å²) < 4.78 is 49.0. The van der Waals surface area contributed by atoms with Crippen LogP contribution in [0, 0.1) is 0 Å². The van der Waals surface area contributed by atoms with Crippen LogP contribution in [0.3, 0.4) is 0 Å². The van der Waals surface area contributed by atoms with Gasteiger partial charge in [0, 0.05) is 44.4 Å². The third kappa shape index (κ3) is 4.58. The van der Waals surface area contributed by atoms with Crippen LogP contribution >= 0.6 is 11.3 Å². The maximum absolute atomic E-state index is 12.8. The molecule has 29 heavy (non-hydrogen) atoms. The van der Waals surface area contributed by atoms with E-state index in [2.05, 4.69) is 10.3 Å². The number of aromatic nitrogens is 1. The normalized spacial score (nSPS) is 26.1. The summed E-state index contributed by atoms with van der Waals surface area (Å²) in [5.41, 5.74) is -0.952. The Balaban J connectivity index is 1.26. The van der Waals surface area contributed by atoms with Gasteiger partial charge in [0.05, 0.1) is 12.1 Å². The molecule has 2 atom stereocenters. The molecule has 0 saturated carbocycles. The van der Waals surface area contributed by atoms with E-state index in [-0.39, 0.29) is 42.0 Å². The van der Waals surface area contributed by atoms with Crippen LogP contribution in [0.2, 0.25) is 0 Å². The summed E-state index contributed by atoms with van der Waals surface area (Å²) in [6.45, 7) is 1.94. The summed E-state index contributed by atoms with van der Waals surface area (Å²) in [4.78, 5) is 31.2. The third-order valence-corrected chi connectivity index (χ3v) is 6.08. The second-order valence-electron chi connectivity index (χ2n) is 7.34. The fourth-order valence-electron chi connectivity index (χ4n) is 3.82. The van der Waals surface area contributed by atoms with Gasteiger partial charge in [-0.05, 0) is 6.42 Å². The van der Waals surface area contributed by atoms with Crippen molar-refractivity contribution in [2.45, 2.75) is 43.7 Å². The van der Waals surface area contributed by atoms with Crippen molar-refractivity contribution in [2.75, 3.05) is 32.8 Å². The Morgan fingerprint density at radius 1 is 1.24 bits per heavy atom. The van der Waals surface area contributed by atoms with E-state index in [9.17, 15) is 22.8 Å². The molecule has 0 bridgehead atoms. The second-order valence-corrected chi connectivity index (χ2v) is 8.16. The average Bonchev–Trinajstić information content (AvgIpc) is 3.16. The lowest BCUT2D eigenvalue weighted by Gasteiger charge is -2.43. The topological polar surface area (TPSA) is 84.0 Å². The maximum Gasteiger partial charge on any atom is 0.434 e. The van der Waals surface area contributed by atoms with Gasteiger partial charge in [-0.15, -0.1) is 0 Å². The molecular weight excluding hydrogens is 413 g/mol. The summed E-state index contributed by atoms with van der Waals surface area (Å²) in [6, 6.07) is -0.294. The number of hydrogen-bond donors (Lipinski definition) is 1. The van der Waals surface area contributed by atoms with Crippen LogP contribution in [0.15, 0.2) is 5.38 Å². The fourth-order valence-corrected chi connectivity index (χ4v) is 4.56. The quantitative estimate of drug-likeness (QED) is 0.766. The summed E-state index contributed by atoms with van der Waals surface area (Å²) in [7, 11) is 0. The number of likely N-dealkylation sites (tertiary alicyclic amines) is 2. The van der Waals surface area contributed by atoms with Gasteiger partial charge in [0.1, 0.15) is 12.7 Å². The highest BCUT2D eigenvalue weighted by Gasteiger charge is 2.38. The van der Waals surface area contributed by atoms with E-state index in [1.807, 2.05) is 0 Å². The van der Waals surface area contributed by atoms with E-state index in [4.69, 9.17) is 9.47 Å². The molecule has 0 spiro atoms. The number of nitrogens with zero attached hydrogens (tertiary/aromatic N) is 3. The second kappa shape index (κ2) is 7.98. The van der Waals surface area contributed by atoms with Gasteiger partial charge in [-0.2, -0.15) is 18.2 Å². The van der Waals surface area contributed by atoms with Crippen LogP contribution in [-0.2, 0) is 15.7 Å². The van der Waals surface area contributed by atoms with Crippen molar-refractivity contribution in [1.82, 2.24) is 20.1 Å². The summed E-state index contributed by atoms with van der Waals surface area (Å²) in [5.74, 6) is -0.172. The maximum atomic E-state index is 12.8. The number of halogens is 3. The van der Waals surface area contributed by atoms with Gasteiger partial charge < -0.3 is 24.6 Å². The molecule has 4 rings (SSSR count). The van der Waals surface area contributed by atoms with E-state index in [1.165, 1.54) is 0 Å². The Bertz CT molecular complexity index is 766. The summed E-state index contributed by atoms with van der Waals surface area (Å²) >= 11 is 0.822. The minimum absolute atomic E-state index is 0.00258. The van der Waals surface area contributed by atoms with Crippen molar-refractivity contribution in [1.29, 1.82) is 0 Å². The number of carbonyl (C=O) groups is 2. The number of piperidine rings is 2. The van der Waals surface area contributed by atoms with E-state index in [0.29, 0.717) is 45.4 Å². The number of alkyl halides is 3. The first-order valence-electron chi connectivity index (χ1n) is 9.44. The number of rotatable bonds is 2. The minimum atomic E-state index is -4.48. The molecule has 4 heterocycles. The monoisotopic (exact) mass is 434 g/mol. The molecule has 3 fully saturated rings. The Kier molecular flexibility index (Phi) is 5.56. The number of hydrogen-bond acceptors (Lipinski definition) is 6. The number of amides is 3. The molecule has 3 amide bonds. The SMILES string of the molecule is O=C1CO[C@H]2CCN(C(=O)N3CCC(Oc4nc(C(F)(F)F)cs4)CC3)C[C@H]2N1. The van der Waals surface area contributed by atoms with Crippen molar-refractivity contribution in [3.05, 3.63) is 11.1 Å². The number of thiazole rings is 1. The van der Waals surface area contributed by atoms with E-state index in [1.54, 1.807) is 9.80 Å². The molecule has 0 radical (unpaired) electrons. The first-order valence-corrected chi connectivity index (χ1v) is 10.3. The summed E-state index contributed by atoms with van der Waals surface area (Å²) in [6.07, 6.45) is -3.11. The van der Waals surface area contributed by atoms with Crippen LogP contribution in [0.25, 0.3) is 0 Å². The number of carbonyl (C=O) groups excluding carboxylic acids is 2. The number of nitrogens with one attached hydrogen (secondary N) is 1. The molecule has 0 aliphatic carbocycles. The van der Waals surface area contributed by atoms with E-state index in [0.717, 1.165) is 16.7 Å². The molecule has 1 aromatic rings. The fraction of sp³-hybridized carbons (Fsp3) is 0.706. The molecule has 3 aliphatic rings. The van der Waals surface area contributed by atoms with Crippen molar-refractivity contribution < 1.29 is 32.2 Å². The van der Waals surface area contributed by atoms with Gasteiger partial charge in [-0.3, -0.25) is 4.79 Å². The molecule has 0 aromatic carbocycles. The first-order chi connectivity index (χ1) is 13.8. The van der Waals surface area contributed by atoms with Gasteiger partial charge in [-0.25, -0.2) is 4.79 Å². The van der Waals surface area contributed by atoms with Gasteiger partial charge in [0.15, 0.2) is 5.69 Å². The zero-order chi connectivity index (χ0) is 20.6. The molecule has 1 N–H and O–H groups in total.